The molecule has 43 heavy (non-hydrogen) atoms. The number of thioether (sulfide) groups is 1. The first kappa shape index (κ1) is 32.1. The highest BCUT2D eigenvalue weighted by Gasteiger charge is 2.35. The number of aliphatic hydroxyl groups excluding tert-OH is 1. The molecule has 3 aliphatic rings. The van der Waals surface area contributed by atoms with Gasteiger partial charge >= 0.3 is 12.2 Å². The number of nitrogens with zero attached hydrogens (tertiary/aromatic N) is 5. The molecule has 0 bridgehead atoms. The zero-order valence-electron chi connectivity index (χ0n) is 24.7. The largest absolute Gasteiger partial charge is 0.417 e. The van der Waals surface area contributed by atoms with E-state index in [0.29, 0.717) is 69.0 Å². The molecule has 2 saturated heterocycles. The number of rotatable bonds is 9. The Balaban J connectivity index is 1.41. The Bertz CT molecular complexity index is 1240. The second kappa shape index (κ2) is 14.2. The first-order valence-electron chi connectivity index (χ1n) is 15.3. The van der Waals surface area contributed by atoms with Gasteiger partial charge in [0.05, 0.1) is 30.5 Å². The maximum absolute atomic E-state index is 14.0. The lowest BCUT2D eigenvalue weighted by Crippen LogP contribution is -2.42. The molecule has 1 atom stereocenters. The number of hydrogen-bond donors (Lipinski definition) is 2. The van der Waals surface area contributed by atoms with Crippen molar-refractivity contribution in [3.8, 4) is 11.3 Å². The Morgan fingerprint density at radius 1 is 1.09 bits per heavy atom. The predicted octanol–water partition coefficient (Wildman–Crippen LogP) is 4.64. The number of likely N-dealkylation sites (tertiary alicyclic amines) is 2. The SMILES string of the molecule is CNC(=O)N1CCc2c(c(-c3ccc(C(F)(F)F)c(SCCN4CCC(F)CC4)c3)nn2CC(O)CN2CCCCC2)C1. The first-order valence-corrected chi connectivity index (χ1v) is 16.3. The van der Waals surface area contributed by atoms with Crippen LogP contribution in [0, 0.1) is 0 Å². The van der Waals surface area contributed by atoms with Gasteiger partial charge in [-0.25, -0.2) is 9.18 Å². The molecule has 2 amide bonds. The van der Waals surface area contributed by atoms with Crippen LogP contribution in [-0.2, 0) is 25.7 Å². The summed E-state index contributed by atoms with van der Waals surface area (Å²) in [5, 5.41) is 18.5. The highest BCUT2D eigenvalue weighted by atomic mass is 32.2. The van der Waals surface area contributed by atoms with Gasteiger partial charge in [-0.1, -0.05) is 12.5 Å². The Kier molecular flexibility index (Phi) is 10.6. The van der Waals surface area contributed by atoms with Gasteiger partial charge in [0.25, 0.3) is 0 Å². The van der Waals surface area contributed by atoms with E-state index in [1.165, 1.54) is 12.5 Å². The number of nitrogens with one attached hydrogen (secondary N) is 1. The molecule has 2 aromatic rings. The molecule has 5 rings (SSSR count). The molecule has 0 aliphatic carbocycles. The quantitative estimate of drug-likeness (QED) is 0.312. The van der Waals surface area contributed by atoms with Crippen molar-refractivity contribution in [1.29, 1.82) is 0 Å². The van der Waals surface area contributed by atoms with Crippen LogP contribution in [0.2, 0.25) is 0 Å². The standard InChI is InChI=1S/C30H42F4N6O2S/c1-35-29(42)39-14-9-26-24(20-39)28(36-40(26)19-23(41)18-38-10-3-2-4-11-38)21-5-6-25(30(32,33)34)27(17-21)43-16-15-37-12-7-22(31)8-13-37/h5-6,17,22-23,41H,2-4,7-16,18-20H2,1H3,(H,35,42). The molecule has 0 saturated carbocycles. The third kappa shape index (κ3) is 8.03. The van der Waals surface area contributed by atoms with E-state index in [1.807, 2.05) is 0 Å². The molecule has 3 aliphatic heterocycles. The van der Waals surface area contributed by atoms with E-state index in [2.05, 4.69) is 15.1 Å². The van der Waals surface area contributed by atoms with Crippen molar-refractivity contribution in [2.24, 2.45) is 0 Å². The molecule has 1 unspecified atom stereocenters. The summed E-state index contributed by atoms with van der Waals surface area (Å²) in [6.07, 6.45) is -1.06. The molecule has 1 aromatic heterocycles. The lowest BCUT2D eigenvalue weighted by molar-refractivity contribution is -0.139. The molecule has 13 heteroatoms. The number of piperidine rings is 2. The van der Waals surface area contributed by atoms with Crippen LogP contribution in [-0.4, -0.2) is 107 Å². The molecule has 4 heterocycles. The second-order valence-corrected chi connectivity index (χ2v) is 12.9. The zero-order valence-corrected chi connectivity index (χ0v) is 25.5. The molecule has 238 valence electrons. The van der Waals surface area contributed by atoms with Gasteiger partial charge in [-0.05, 0) is 50.9 Å². The second-order valence-electron chi connectivity index (χ2n) is 11.8. The summed E-state index contributed by atoms with van der Waals surface area (Å²) in [5.74, 6) is 0.448. The van der Waals surface area contributed by atoms with Crippen LogP contribution in [0.3, 0.4) is 0 Å². The average molecular weight is 627 g/mol. The molecule has 8 nitrogen and oxygen atoms in total. The Morgan fingerprint density at radius 2 is 1.84 bits per heavy atom. The number of β-amino-alcohol motifs (C(OH)–C–C–N with tert-alkyl or cyclic N) is 1. The average Bonchev–Trinajstić information content (AvgIpc) is 3.35. The highest BCUT2D eigenvalue weighted by Crippen LogP contribution is 2.40. The van der Waals surface area contributed by atoms with Crippen LogP contribution < -0.4 is 5.32 Å². The van der Waals surface area contributed by atoms with Crippen molar-refractivity contribution in [1.82, 2.24) is 29.8 Å². The fraction of sp³-hybridized carbons (Fsp3) is 0.667. The fourth-order valence-electron chi connectivity index (χ4n) is 6.34. The molecular formula is C30H42F4N6O2S. The number of fused-ring (bicyclic) bond motifs is 1. The van der Waals surface area contributed by atoms with Crippen molar-refractivity contribution < 1.29 is 27.5 Å². The number of carbonyl (C=O) groups is 1. The molecule has 0 radical (unpaired) electrons. The predicted molar refractivity (Wildman–Crippen MR) is 159 cm³/mol. The van der Waals surface area contributed by atoms with Gasteiger partial charge in [-0.2, -0.15) is 18.3 Å². The van der Waals surface area contributed by atoms with Gasteiger partial charge in [0, 0.05) is 73.7 Å². The Morgan fingerprint density at radius 3 is 2.53 bits per heavy atom. The van der Waals surface area contributed by atoms with E-state index in [-0.39, 0.29) is 24.0 Å². The van der Waals surface area contributed by atoms with E-state index in [4.69, 9.17) is 5.10 Å². The van der Waals surface area contributed by atoms with Gasteiger partial charge in [0.2, 0.25) is 0 Å². The van der Waals surface area contributed by atoms with E-state index in [1.54, 1.807) is 22.7 Å². The lowest BCUT2D eigenvalue weighted by Gasteiger charge is -2.29. The van der Waals surface area contributed by atoms with Crippen molar-refractivity contribution in [2.45, 2.75) is 75.0 Å². The van der Waals surface area contributed by atoms with Crippen LogP contribution in [0.1, 0.15) is 48.9 Å². The summed E-state index contributed by atoms with van der Waals surface area (Å²) in [5.41, 5.74) is 2.09. The van der Waals surface area contributed by atoms with Crippen LogP contribution in [0.4, 0.5) is 22.4 Å². The van der Waals surface area contributed by atoms with Gasteiger partial charge < -0.3 is 25.1 Å². The van der Waals surface area contributed by atoms with Crippen LogP contribution in [0.15, 0.2) is 23.1 Å². The van der Waals surface area contributed by atoms with E-state index >= 15 is 0 Å². The van der Waals surface area contributed by atoms with Crippen molar-refractivity contribution in [3.05, 3.63) is 35.0 Å². The topological polar surface area (TPSA) is 76.9 Å². The summed E-state index contributed by atoms with van der Waals surface area (Å²) in [6, 6.07) is 3.89. The van der Waals surface area contributed by atoms with E-state index in [9.17, 15) is 27.5 Å². The van der Waals surface area contributed by atoms with Gasteiger partial charge in [-0.3, -0.25) is 4.68 Å². The summed E-state index contributed by atoms with van der Waals surface area (Å²) < 4.78 is 57.4. The lowest BCUT2D eigenvalue weighted by atomic mass is 10.00. The minimum Gasteiger partial charge on any atom is -0.390 e. The molecule has 2 fully saturated rings. The third-order valence-electron chi connectivity index (χ3n) is 8.68. The number of hydrogen-bond acceptors (Lipinski definition) is 6. The molecule has 0 spiro atoms. The van der Waals surface area contributed by atoms with Crippen molar-refractivity contribution in [2.75, 3.05) is 58.6 Å². The third-order valence-corrected chi connectivity index (χ3v) is 9.71. The van der Waals surface area contributed by atoms with Crippen LogP contribution >= 0.6 is 11.8 Å². The monoisotopic (exact) mass is 626 g/mol. The number of aliphatic hydroxyl groups is 1. The summed E-state index contributed by atoms with van der Waals surface area (Å²) in [7, 11) is 1.57. The highest BCUT2D eigenvalue weighted by molar-refractivity contribution is 7.99. The number of urea groups is 1. The summed E-state index contributed by atoms with van der Waals surface area (Å²) in [6.45, 7) is 5.30. The Labute approximate surface area is 254 Å². The first-order chi connectivity index (χ1) is 20.6. The number of benzene rings is 1. The van der Waals surface area contributed by atoms with Crippen LogP contribution in [0.25, 0.3) is 11.3 Å². The molecular weight excluding hydrogens is 584 g/mol. The molecule has 1 aromatic carbocycles. The molecule has 2 N–H and O–H groups in total. The Hall–Kier alpha value is -2.35. The number of halogens is 4. The van der Waals surface area contributed by atoms with Crippen molar-refractivity contribution in [3.63, 3.8) is 0 Å². The van der Waals surface area contributed by atoms with Gasteiger partial charge in [0.15, 0.2) is 0 Å². The number of amides is 2. The maximum Gasteiger partial charge on any atom is 0.417 e. The van der Waals surface area contributed by atoms with Gasteiger partial charge in [-0.15, -0.1) is 11.8 Å². The minimum atomic E-state index is -4.51. The smallest absolute Gasteiger partial charge is 0.390 e. The van der Waals surface area contributed by atoms with Gasteiger partial charge in [0.1, 0.15) is 6.17 Å². The van der Waals surface area contributed by atoms with E-state index < -0.39 is 24.0 Å². The maximum atomic E-state index is 14.0. The van der Waals surface area contributed by atoms with Crippen molar-refractivity contribution >= 4 is 17.8 Å². The zero-order chi connectivity index (χ0) is 30.6. The van der Waals surface area contributed by atoms with Crippen LogP contribution in [0.5, 0.6) is 0 Å². The normalized spacial score (nSPS) is 19.8. The number of carbonyl (C=O) groups excluding carboxylic acids is 1. The number of aromatic nitrogens is 2. The number of alkyl halides is 4. The summed E-state index contributed by atoms with van der Waals surface area (Å²) >= 11 is 1.15. The fourth-order valence-corrected chi connectivity index (χ4v) is 7.45. The summed E-state index contributed by atoms with van der Waals surface area (Å²) in [4.78, 5) is 18.6. The van der Waals surface area contributed by atoms with E-state index in [0.717, 1.165) is 55.0 Å². The minimum absolute atomic E-state index is 0.123.